The molecule has 0 atom stereocenters. The second-order valence-electron chi connectivity index (χ2n) is 3.40. The van der Waals surface area contributed by atoms with Crippen molar-refractivity contribution in [3.63, 3.8) is 0 Å². The molecule has 3 N–H and O–H groups in total. The lowest BCUT2D eigenvalue weighted by Crippen LogP contribution is -1.95. The van der Waals surface area contributed by atoms with Crippen LogP contribution in [0.4, 0.5) is 5.82 Å². The summed E-state index contributed by atoms with van der Waals surface area (Å²) in [5.74, 6) is 0.505. The summed E-state index contributed by atoms with van der Waals surface area (Å²) < 4.78 is 5.13. The molecule has 0 saturated carbocycles. The summed E-state index contributed by atoms with van der Waals surface area (Å²) in [6, 6.07) is 5.66. The number of nitrogen functional groups attached to an aromatic ring is 1. The van der Waals surface area contributed by atoms with Crippen LogP contribution < -0.4 is 5.73 Å². The van der Waals surface area contributed by atoms with E-state index in [1.165, 1.54) is 0 Å². The topological polar surface area (TPSA) is 63.9 Å². The largest absolute Gasteiger partial charge is 0.384 e. The van der Waals surface area contributed by atoms with Crippen LogP contribution in [0.25, 0.3) is 11.1 Å². The van der Waals surface area contributed by atoms with Crippen LogP contribution >= 0.6 is 11.6 Å². The number of hydrogen-bond donors (Lipinski definition) is 2. The minimum atomic E-state index is 0.487. The number of hydrogen-bond acceptors (Lipinski definition) is 3. The number of nitrogens with two attached hydrogens (primary N) is 1. The summed E-state index contributed by atoms with van der Waals surface area (Å²) in [7, 11) is 1.64. The first-order valence-electron chi connectivity index (χ1n) is 4.79. The first-order chi connectivity index (χ1) is 7.74. The number of benzene rings is 1. The Morgan fingerprint density at radius 1 is 1.50 bits per heavy atom. The minimum Gasteiger partial charge on any atom is -0.384 e. The number of nitrogens with zero attached hydrogens (tertiary/aromatic N) is 1. The summed E-state index contributed by atoms with van der Waals surface area (Å²) in [6.07, 6.45) is 1.66. The van der Waals surface area contributed by atoms with Gasteiger partial charge in [0.2, 0.25) is 0 Å². The van der Waals surface area contributed by atoms with E-state index in [0.29, 0.717) is 17.4 Å². The van der Waals surface area contributed by atoms with Gasteiger partial charge in [0, 0.05) is 23.3 Å². The number of halogens is 1. The molecule has 2 aromatic rings. The third-order valence-corrected chi connectivity index (χ3v) is 2.65. The van der Waals surface area contributed by atoms with Gasteiger partial charge in [0.05, 0.1) is 12.8 Å². The Balaban J connectivity index is 2.58. The third-order valence-electron chi connectivity index (χ3n) is 2.34. The Morgan fingerprint density at radius 3 is 2.94 bits per heavy atom. The van der Waals surface area contributed by atoms with Gasteiger partial charge in [-0.1, -0.05) is 23.7 Å². The lowest BCUT2D eigenvalue weighted by molar-refractivity contribution is 0.185. The van der Waals surface area contributed by atoms with E-state index in [-0.39, 0.29) is 0 Å². The van der Waals surface area contributed by atoms with Gasteiger partial charge < -0.3 is 10.5 Å². The van der Waals surface area contributed by atoms with Crippen LogP contribution in [-0.4, -0.2) is 17.3 Å². The molecule has 1 aromatic heterocycles. The second-order valence-corrected chi connectivity index (χ2v) is 3.81. The van der Waals surface area contributed by atoms with Crippen molar-refractivity contribution in [3.05, 3.63) is 35.0 Å². The van der Waals surface area contributed by atoms with Gasteiger partial charge in [-0.3, -0.25) is 5.10 Å². The molecule has 0 aliphatic carbocycles. The molecule has 0 fully saturated rings. The van der Waals surface area contributed by atoms with Crippen LogP contribution in [0.3, 0.4) is 0 Å². The first kappa shape index (κ1) is 11.0. The van der Waals surface area contributed by atoms with Crippen molar-refractivity contribution in [2.45, 2.75) is 6.61 Å². The smallest absolute Gasteiger partial charge is 0.126 e. The SMILES string of the molecule is COCc1cccc(Cl)c1-c1cn[nH]c1N. The van der Waals surface area contributed by atoms with Gasteiger partial charge in [0.15, 0.2) is 0 Å². The van der Waals surface area contributed by atoms with Crippen LogP contribution in [-0.2, 0) is 11.3 Å². The van der Waals surface area contributed by atoms with Gasteiger partial charge >= 0.3 is 0 Å². The van der Waals surface area contributed by atoms with Crippen molar-refractivity contribution in [2.75, 3.05) is 12.8 Å². The molecule has 0 radical (unpaired) electrons. The number of nitrogens with one attached hydrogen (secondary N) is 1. The molecule has 2 rings (SSSR count). The Bertz CT molecular complexity index is 496. The minimum absolute atomic E-state index is 0.487. The van der Waals surface area contributed by atoms with Gasteiger partial charge in [-0.25, -0.2) is 0 Å². The van der Waals surface area contributed by atoms with Gasteiger partial charge in [-0.15, -0.1) is 0 Å². The van der Waals surface area contributed by atoms with Gasteiger partial charge in [-0.2, -0.15) is 5.10 Å². The molecule has 0 aliphatic rings. The fraction of sp³-hybridized carbons (Fsp3) is 0.182. The highest BCUT2D eigenvalue weighted by Gasteiger charge is 2.13. The molecular weight excluding hydrogens is 226 g/mol. The lowest BCUT2D eigenvalue weighted by atomic mass is 10.0. The predicted octanol–water partition coefficient (Wildman–Crippen LogP) is 2.46. The van der Waals surface area contributed by atoms with Crippen LogP contribution in [0.5, 0.6) is 0 Å². The quantitative estimate of drug-likeness (QED) is 0.862. The first-order valence-corrected chi connectivity index (χ1v) is 5.17. The Labute approximate surface area is 98.4 Å². The molecule has 84 valence electrons. The summed E-state index contributed by atoms with van der Waals surface area (Å²) in [4.78, 5) is 0. The molecule has 0 bridgehead atoms. The highest BCUT2D eigenvalue weighted by Crippen LogP contribution is 2.34. The number of rotatable bonds is 3. The number of aromatic nitrogens is 2. The van der Waals surface area contributed by atoms with Crippen molar-refractivity contribution in [1.82, 2.24) is 10.2 Å². The van der Waals surface area contributed by atoms with E-state index in [4.69, 9.17) is 22.1 Å². The summed E-state index contributed by atoms with van der Waals surface area (Å²) in [6.45, 7) is 0.487. The lowest BCUT2D eigenvalue weighted by Gasteiger charge is -2.09. The van der Waals surface area contributed by atoms with E-state index in [1.54, 1.807) is 13.3 Å². The molecule has 0 amide bonds. The number of H-pyrrole nitrogens is 1. The van der Waals surface area contributed by atoms with E-state index >= 15 is 0 Å². The monoisotopic (exact) mass is 237 g/mol. The van der Waals surface area contributed by atoms with Crippen molar-refractivity contribution >= 4 is 17.4 Å². The third kappa shape index (κ3) is 1.89. The molecule has 1 aromatic carbocycles. The number of methoxy groups -OCH3 is 1. The fourth-order valence-corrected chi connectivity index (χ4v) is 1.94. The highest BCUT2D eigenvalue weighted by molar-refractivity contribution is 6.33. The van der Waals surface area contributed by atoms with E-state index < -0.39 is 0 Å². The number of ether oxygens (including phenoxy) is 1. The van der Waals surface area contributed by atoms with Gasteiger partial charge in [0.1, 0.15) is 5.82 Å². The predicted molar refractivity (Wildman–Crippen MR) is 64.2 cm³/mol. The van der Waals surface area contributed by atoms with Gasteiger partial charge in [-0.05, 0) is 11.6 Å². The zero-order chi connectivity index (χ0) is 11.5. The average Bonchev–Trinajstić information content (AvgIpc) is 2.65. The zero-order valence-corrected chi connectivity index (χ0v) is 9.58. The van der Waals surface area contributed by atoms with Crippen molar-refractivity contribution in [3.8, 4) is 11.1 Å². The fourth-order valence-electron chi connectivity index (χ4n) is 1.64. The molecule has 5 heteroatoms. The molecule has 4 nitrogen and oxygen atoms in total. The maximum absolute atomic E-state index is 6.18. The maximum Gasteiger partial charge on any atom is 0.126 e. The zero-order valence-electron chi connectivity index (χ0n) is 8.83. The highest BCUT2D eigenvalue weighted by atomic mass is 35.5. The molecule has 16 heavy (non-hydrogen) atoms. The number of anilines is 1. The van der Waals surface area contributed by atoms with Crippen molar-refractivity contribution in [2.24, 2.45) is 0 Å². The standard InChI is InChI=1S/C11H12ClN3O/c1-16-6-7-3-2-4-9(12)10(7)8-5-14-15-11(8)13/h2-5H,6H2,1H3,(H3,13,14,15). The van der Waals surface area contributed by atoms with E-state index in [9.17, 15) is 0 Å². The molecule has 1 heterocycles. The van der Waals surface area contributed by atoms with Crippen LogP contribution in [0, 0.1) is 0 Å². The Hall–Kier alpha value is -1.52. The molecule has 0 unspecified atom stereocenters. The maximum atomic E-state index is 6.18. The van der Waals surface area contributed by atoms with Crippen LogP contribution in [0.15, 0.2) is 24.4 Å². The summed E-state index contributed by atoms with van der Waals surface area (Å²) in [5, 5.41) is 7.22. The summed E-state index contributed by atoms with van der Waals surface area (Å²) >= 11 is 6.18. The average molecular weight is 238 g/mol. The Kier molecular flexibility index (Phi) is 3.12. The van der Waals surface area contributed by atoms with E-state index in [2.05, 4.69) is 10.2 Å². The number of aromatic amines is 1. The van der Waals surface area contributed by atoms with Crippen LogP contribution in [0.2, 0.25) is 5.02 Å². The van der Waals surface area contributed by atoms with Crippen molar-refractivity contribution in [1.29, 1.82) is 0 Å². The molecule has 0 aliphatic heterocycles. The molecular formula is C11H12ClN3O. The molecule has 0 saturated heterocycles. The van der Waals surface area contributed by atoms with E-state index in [0.717, 1.165) is 16.7 Å². The van der Waals surface area contributed by atoms with Gasteiger partial charge in [0.25, 0.3) is 0 Å². The second kappa shape index (κ2) is 4.55. The Morgan fingerprint density at radius 2 is 2.31 bits per heavy atom. The van der Waals surface area contributed by atoms with Crippen LogP contribution in [0.1, 0.15) is 5.56 Å². The van der Waals surface area contributed by atoms with E-state index in [1.807, 2.05) is 18.2 Å². The molecule has 0 spiro atoms. The normalized spacial score (nSPS) is 10.6. The summed E-state index contributed by atoms with van der Waals surface area (Å²) in [5.41, 5.74) is 8.45. The van der Waals surface area contributed by atoms with Crippen molar-refractivity contribution < 1.29 is 4.74 Å².